The van der Waals surface area contributed by atoms with Crippen LogP contribution in [0.1, 0.15) is 30.0 Å². The second-order valence-corrected chi connectivity index (χ2v) is 4.68. The number of hydrogen-bond acceptors (Lipinski definition) is 2. The Kier molecular flexibility index (Phi) is 4.97. The van der Waals surface area contributed by atoms with Crippen LogP contribution in [0.25, 0.3) is 0 Å². The Labute approximate surface area is 98.8 Å². The maximum atomic E-state index is 6.12. The highest BCUT2D eigenvalue weighted by Gasteiger charge is 2.10. The lowest BCUT2D eigenvalue weighted by atomic mass is 9.97. The summed E-state index contributed by atoms with van der Waals surface area (Å²) in [7, 11) is 1.73. The van der Waals surface area contributed by atoms with Crippen molar-refractivity contribution in [3.63, 3.8) is 0 Å². The number of ether oxygens (including phenoxy) is 1. The molecule has 0 saturated heterocycles. The molecule has 2 N–H and O–H groups in total. The predicted octanol–water partition coefficient (Wildman–Crippen LogP) is 2.60. The quantitative estimate of drug-likeness (QED) is 0.829. The van der Waals surface area contributed by atoms with Crippen LogP contribution in [0.2, 0.25) is 0 Å². The molecular formula is C14H23NO. The Hall–Kier alpha value is -0.860. The number of aryl methyl sites for hydroxylation is 2. The van der Waals surface area contributed by atoms with Gasteiger partial charge in [0.05, 0.1) is 6.10 Å². The summed E-state index contributed by atoms with van der Waals surface area (Å²) in [5.41, 5.74) is 10.1. The van der Waals surface area contributed by atoms with E-state index in [1.807, 2.05) is 0 Å². The van der Waals surface area contributed by atoms with Gasteiger partial charge in [0.1, 0.15) is 0 Å². The molecule has 90 valence electrons. The van der Waals surface area contributed by atoms with Crippen LogP contribution >= 0.6 is 0 Å². The van der Waals surface area contributed by atoms with Crippen LogP contribution in [0.3, 0.4) is 0 Å². The summed E-state index contributed by atoms with van der Waals surface area (Å²) in [5.74, 6) is 0. The monoisotopic (exact) mass is 221 g/mol. The number of hydrogen-bond donors (Lipinski definition) is 1. The fourth-order valence-electron chi connectivity index (χ4n) is 1.91. The molecule has 16 heavy (non-hydrogen) atoms. The predicted molar refractivity (Wildman–Crippen MR) is 68.7 cm³/mol. The molecule has 2 nitrogen and oxygen atoms in total. The molecule has 2 unspecified atom stereocenters. The van der Waals surface area contributed by atoms with Gasteiger partial charge in [-0.25, -0.2) is 0 Å². The van der Waals surface area contributed by atoms with E-state index in [2.05, 4.69) is 39.0 Å². The molecule has 0 aliphatic heterocycles. The minimum atomic E-state index is 0.176. The summed E-state index contributed by atoms with van der Waals surface area (Å²) in [5, 5.41) is 0. The van der Waals surface area contributed by atoms with Gasteiger partial charge >= 0.3 is 0 Å². The number of benzene rings is 1. The first-order chi connectivity index (χ1) is 7.52. The molecular weight excluding hydrogens is 198 g/mol. The third-order valence-electron chi connectivity index (χ3n) is 3.02. The van der Waals surface area contributed by atoms with Gasteiger partial charge in [0, 0.05) is 13.2 Å². The van der Waals surface area contributed by atoms with Crippen molar-refractivity contribution in [1.29, 1.82) is 0 Å². The summed E-state index contributed by atoms with van der Waals surface area (Å²) in [6.07, 6.45) is 2.07. The summed E-state index contributed by atoms with van der Waals surface area (Å²) in [6.45, 7) is 6.32. The van der Waals surface area contributed by atoms with Gasteiger partial charge < -0.3 is 10.5 Å². The first kappa shape index (κ1) is 13.2. The number of methoxy groups -OCH3 is 1. The van der Waals surface area contributed by atoms with E-state index < -0.39 is 0 Å². The van der Waals surface area contributed by atoms with Crippen molar-refractivity contribution in [2.45, 2.75) is 45.8 Å². The lowest BCUT2D eigenvalue weighted by molar-refractivity contribution is 0.104. The lowest BCUT2D eigenvalue weighted by Gasteiger charge is -2.17. The normalized spacial score (nSPS) is 14.8. The average molecular weight is 221 g/mol. The average Bonchev–Trinajstić information content (AvgIpc) is 2.23. The zero-order valence-corrected chi connectivity index (χ0v) is 10.8. The minimum absolute atomic E-state index is 0.176. The van der Waals surface area contributed by atoms with Crippen LogP contribution in [-0.4, -0.2) is 19.3 Å². The Bertz CT molecular complexity index is 336. The molecule has 0 spiro atoms. The maximum absolute atomic E-state index is 6.12. The van der Waals surface area contributed by atoms with Crippen LogP contribution in [0.5, 0.6) is 0 Å². The van der Waals surface area contributed by atoms with Crippen LogP contribution < -0.4 is 5.73 Å². The van der Waals surface area contributed by atoms with Crippen molar-refractivity contribution in [1.82, 2.24) is 0 Å². The van der Waals surface area contributed by atoms with E-state index in [9.17, 15) is 0 Å². The van der Waals surface area contributed by atoms with Gasteiger partial charge in [0.2, 0.25) is 0 Å². The molecule has 0 bridgehead atoms. The molecule has 0 aliphatic rings. The van der Waals surface area contributed by atoms with Gasteiger partial charge in [-0.05, 0) is 44.7 Å². The standard InChI is InChI=1S/C14H23NO/c1-10-5-6-11(2)13(7-10)9-14(15)8-12(3)16-4/h5-7,12,14H,8-9,15H2,1-4H3. The Morgan fingerprint density at radius 1 is 1.31 bits per heavy atom. The van der Waals surface area contributed by atoms with Crippen molar-refractivity contribution in [2.24, 2.45) is 5.73 Å². The number of nitrogens with two attached hydrogens (primary N) is 1. The molecule has 2 heteroatoms. The molecule has 0 heterocycles. The molecule has 1 rings (SSSR count). The highest BCUT2D eigenvalue weighted by molar-refractivity contribution is 5.31. The Morgan fingerprint density at radius 3 is 2.62 bits per heavy atom. The zero-order chi connectivity index (χ0) is 12.1. The van der Waals surface area contributed by atoms with E-state index in [0.717, 1.165) is 12.8 Å². The largest absolute Gasteiger partial charge is 0.382 e. The van der Waals surface area contributed by atoms with Gasteiger partial charge in [-0.3, -0.25) is 0 Å². The van der Waals surface area contributed by atoms with Crippen LogP contribution in [-0.2, 0) is 11.2 Å². The van der Waals surface area contributed by atoms with E-state index in [1.165, 1.54) is 16.7 Å². The fourth-order valence-corrected chi connectivity index (χ4v) is 1.91. The van der Waals surface area contributed by atoms with Crippen molar-refractivity contribution in [3.8, 4) is 0 Å². The number of rotatable bonds is 5. The molecule has 0 aromatic heterocycles. The van der Waals surface area contributed by atoms with Gasteiger partial charge in [-0.1, -0.05) is 23.8 Å². The molecule has 0 radical (unpaired) electrons. The van der Waals surface area contributed by atoms with Crippen LogP contribution in [0, 0.1) is 13.8 Å². The lowest BCUT2D eigenvalue weighted by Crippen LogP contribution is -2.28. The van der Waals surface area contributed by atoms with Crippen LogP contribution in [0.4, 0.5) is 0 Å². The van der Waals surface area contributed by atoms with Crippen molar-refractivity contribution >= 4 is 0 Å². The second kappa shape index (κ2) is 6.02. The molecule has 1 aromatic rings. The fraction of sp³-hybridized carbons (Fsp3) is 0.571. The van der Waals surface area contributed by atoms with E-state index in [4.69, 9.17) is 10.5 Å². The SMILES string of the molecule is COC(C)CC(N)Cc1cc(C)ccc1C. The third kappa shape index (κ3) is 3.95. The second-order valence-electron chi connectivity index (χ2n) is 4.68. The molecule has 0 aliphatic carbocycles. The van der Waals surface area contributed by atoms with Gasteiger partial charge in [0.25, 0.3) is 0 Å². The summed E-state index contributed by atoms with van der Waals surface area (Å²) >= 11 is 0. The van der Waals surface area contributed by atoms with E-state index in [1.54, 1.807) is 7.11 Å². The van der Waals surface area contributed by atoms with Gasteiger partial charge in [-0.2, -0.15) is 0 Å². The molecule has 0 amide bonds. The van der Waals surface area contributed by atoms with Crippen LogP contribution in [0.15, 0.2) is 18.2 Å². The van der Waals surface area contributed by atoms with Crippen molar-refractivity contribution < 1.29 is 4.74 Å². The molecule has 2 atom stereocenters. The molecule has 1 aromatic carbocycles. The first-order valence-electron chi connectivity index (χ1n) is 5.87. The topological polar surface area (TPSA) is 35.2 Å². The smallest absolute Gasteiger partial charge is 0.0558 e. The zero-order valence-electron chi connectivity index (χ0n) is 10.8. The molecule has 0 saturated carbocycles. The van der Waals surface area contributed by atoms with Crippen molar-refractivity contribution in [3.05, 3.63) is 34.9 Å². The first-order valence-corrected chi connectivity index (χ1v) is 5.87. The van der Waals surface area contributed by atoms with E-state index >= 15 is 0 Å². The van der Waals surface area contributed by atoms with Gasteiger partial charge in [0.15, 0.2) is 0 Å². The highest BCUT2D eigenvalue weighted by atomic mass is 16.5. The van der Waals surface area contributed by atoms with Crippen molar-refractivity contribution in [2.75, 3.05) is 7.11 Å². The Balaban J connectivity index is 2.61. The third-order valence-corrected chi connectivity index (χ3v) is 3.02. The minimum Gasteiger partial charge on any atom is -0.382 e. The van der Waals surface area contributed by atoms with E-state index in [-0.39, 0.29) is 12.1 Å². The summed E-state index contributed by atoms with van der Waals surface area (Å²) in [4.78, 5) is 0. The van der Waals surface area contributed by atoms with Gasteiger partial charge in [-0.15, -0.1) is 0 Å². The van der Waals surface area contributed by atoms with E-state index in [0.29, 0.717) is 0 Å². The summed E-state index contributed by atoms with van der Waals surface area (Å²) < 4.78 is 5.23. The maximum Gasteiger partial charge on any atom is 0.0558 e. The summed E-state index contributed by atoms with van der Waals surface area (Å²) in [6, 6.07) is 6.71. The highest BCUT2D eigenvalue weighted by Crippen LogP contribution is 2.14. The Morgan fingerprint density at radius 2 is 2.00 bits per heavy atom. The molecule has 0 fully saturated rings.